The molecule has 4 unspecified atom stereocenters. The molecular formula is C13H17NO4. The van der Waals surface area contributed by atoms with Gasteiger partial charge in [-0.15, -0.1) is 0 Å². The molecule has 2 fully saturated rings. The number of fused-ring (bicyclic) bond motifs is 5. The number of carbonyl (C=O) groups excluding carboxylic acids is 2. The highest BCUT2D eigenvalue weighted by molar-refractivity contribution is 6.06. The first-order chi connectivity index (χ1) is 8.74. The molecule has 0 aromatic rings. The van der Waals surface area contributed by atoms with Crippen molar-refractivity contribution in [3.05, 3.63) is 12.2 Å². The van der Waals surface area contributed by atoms with Crippen LogP contribution in [0.15, 0.2) is 12.2 Å². The molecule has 18 heavy (non-hydrogen) atoms. The van der Waals surface area contributed by atoms with Crippen LogP contribution < -0.4 is 0 Å². The van der Waals surface area contributed by atoms with Gasteiger partial charge in [-0.3, -0.25) is 14.5 Å². The van der Waals surface area contributed by atoms with Crippen LogP contribution >= 0.6 is 0 Å². The molecule has 0 saturated carbocycles. The topological polar surface area (TPSA) is 55.8 Å². The van der Waals surface area contributed by atoms with Gasteiger partial charge in [0.05, 0.1) is 37.2 Å². The number of hydrogen-bond donors (Lipinski definition) is 0. The summed E-state index contributed by atoms with van der Waals surface area (Å²) in [5.41, 5.74) is 0. The molecule has 0 spiro atoms. The molecular weight excluding hydrogens is 234 g/mol. The summed E-state index contributed by atoms with van der Waals surface area (Å²) >= 11 is 0. The summed E-state index contributed by atoms with van der Waals surface area (Å²) in [5.74, 6) is -0.777. The molecule has 0 radical (unpaired) electrons. The number of likely N-dealkylation sites (tertiary alicyclic amines) is 1. The van der Waals surface area contributed by atoms with Crippen molar-refractivity contribution in [2.75, 3.05) is 19.8 Å². The molecule has 98 valence electrons. The minimum absolute atomic E-state index is 0.0954. The van der Waals surface area contributed by atoms with E-state index in [2.05, 4.69) is 0 Å². The van der Waals surface area contributed by atoms with Crippen molar-refractivity contribution in [2.45, 2.75) is 25.6 Å². The van der Waals surface area contributed by atoms with Gasteiger partial charge in [0.15, 0.2) is 0 Å². The second-order valence-corrected chi connectivity index (χ2v) is 4.94. The molecule has 0 N–H and O–H groups in total. The quantitative estimate of drug-likeness (QED) is 0.402. The molecule has 2 amide bonds. The van der Waals surface area contributed by atoms with Gasteiger partial charge in [0.2, 0.25) is 11.8 Å². The SMILES string of the molecule is CCCOCCN1C(=O)C2C3C=CC(O3)C2C1=O. The molecule has 3 aliphatic heterocycles. The molecule has 3 heterocycles. The highest BCUT2D eigenvalue weighted by Gasteiger charge is 2.60. The van der Waals surface area contributed by atoms with E-state index in [0.29, 0.717) is 19.8 Å². The lowest BCUT2D eigenvalue weighted by Crippen LogP contribution is -2.36. The van der Waals surface area contributed by atoms with E-state index in [1.54, 1.807) is 0 Å². The monoisotopic (exact) mass is 251 g/mol. The Bertz CT molecular complexity index is 376. The normalized spacial score (nSPS) is 36.8. The van der Waals surface area contributed by atoms with Crippen molar-refractivity contribution in [2.24, 2.45) is 11.8 Å². The second kappa shape index (κ2) is 4.48. The van der Waals surface area contributed by atoms with E-state index in [0.717, 1.165) is 6.42 Å². The summed E-state index contributed by atoms with van der Waals surface area (Å²) in [6, 6.07) is 0. The van der Waals surface area contributed by atoms with Crippen LogP contribution in [-0.4, -0.2) is 48.7 Å². The third-order valence-corrected chi connectivity index (χ3v) is 3.81. The van der Waals surface area contributed by atoms with Crippen molar-refractivity contribution in [3.63, 3.8) is 0 Å². The Morgan fingerprint density at radius 1 is 1.17 bits per heavy atom. The van der Waals surface area contributed by atoms with Crippen molar-refractivity contribution < 1.29 is 19.1 Å². The third-order valence-electron chi connectivity index (χ3n) is 3.81. The van der Waals surface area contributed by atoms with E-state index < -0.39 is 0 Å². The van der Waals surface area contributed by atoms with Crippen molar-refractivity contribution in [1.82, 2.24) is 4.90 Å². The maximum Gasteiger partial charge on any atom is 0.236 e. The molecule has 0 aromatic heterocycles. The first kappa shape index (κ1) is 11.9. The zero-order valence-corrected chi connectivity index (χ0v) is 10.4. The summed E-state index contributed by atoms with van der Waals surface area (Å²) in [6.45, 7) is 3.48. The highest BCUT2D eigenvalue weighted by Crippen LogP contribution is 2.44. The number of carbonyl (C=O) groups is 2. The fourth-order valence-electron chi connectivity index (χ4n) is 2.99. The average Bonchev–Trinajstić information content (AvgIpc) is 3.02. The molecule has 2 bridgehead atoms. The smallest absolute Gasteiger partial charge is 0.236 e. The number of nitrogens with zero attached hydrogens (tertiary/aromatic N) is 1. The molecule has 4 atom stereocenters. The first-order valence-electron chi connectivity index (χ1n) is 6.50. The van der Waals surface area contributed by atoms with Gasteiger partial charge in [0.25, 0.3) is 0 Å². The van der Waals surface area contributed by atoms with Crippen LogP contribution in [0, 0.1) is 11.8 Å². The maximum atomic E-state index is 12.2. The molecule has 3 rings (SSSR count). The summed E-state index contributed by atoms with van der Waals surface area (Å²) in [5, 5.41) is 0. The van der Waals surface area contributed by atoms with Gasteiger partial charge < -0.3 is 9.47 Å². The predicted molar refractivity (Wildman–Crippen MR) is 62.6 cm³/mol. The summed E-state index contributed by atoms with van der Waals surface area (Å²) in [6.07, 6.45) is 4.34. The van der Waals surface area contributed by atoms with Crippen molar-refractivity contribution in [3.8, 4) is 0 Å². The van der Waals surface area contributed by atoms with Gasteiger partial charge >= 0.3 is 0 Å². The van der Waals surface area contributed by atoms with E-state index >= 15 is 0 Å². The fraction of sp³-hybridized carbons (Fsp3) is 0.692. The molecule has 2 saturated heterocycles. The van der Waals surface area contributed by atoms with Gasteiger partial charge in [0.1, 0.15) is 0 Å². The van der Waals surface area contributed by atoms with E-state index in [4.69, 9.17) is 9.47 Å². The molecule has 0 aliphatic carbocycles. The lowest BCUT2D eigenvalue weighted by atomic mass is 9.85. The summed E-state index contributed by atoms with van der Waals surface area (Å²) in [4.78, 5) is 25.7. The molecule has 3 aliphatic rings. The first-order valence-corrected chi connectivity index (χ1v) is 6.50. The largest absolute Gasteiger partial charge is 0.380 e. The van der Waals surface area contributed by atoms with Crippen molar-refractivity contribution >= 4 is 11.8 Å². The second-order valence-electron chi connectivity index (χ2n) is 4.94. The Hall–Kier alpha value is -1.20. The molecule has 0 aromatic carbocycles. The van der Waals surface area contributed by atoms with E-state index in [-0.39, 0.29) is 35.9 Å². The van der Waals surface area contributed by atoms with Gasteiger partial charge in [-0.05, 0) is 6.42 Å². The lowest BCUT2D eigenvalue weighted by Gasteiger charge is -2.17. The van der Waals surface area contributed by atoms with Crippen molar-refractivity contribution in [1.29, 1.82) is 0 Å². The van der Waals surface area contributed by atoms with Gasteiger partial charge in [-0.25, -0.2) is 0 Å². The Morgan fingerprint density at radius 2 is 1.78 bits per heavy atom. The Balaban J connectivity index is 1.65. The van der Waals surface area contributed by atoms with E-state index in [1.807, 2.05) is 19.1 Å². The predicted octanol–water partition coefficient (Wildman–Crippen LogP) is 0.351. The lowest BCUT2D eigenvalue weighted by molar-refractivity contribution is -0.143. The number of ether oxygens (including phenoxy) is 2. The minimum atomic E-state index is -0.293. The molecule has 5 nitrogen and oxygen atoms in total. The van der Waals surface area contributed by atoms with Gasteiger partial charge in [-0.1, -0.05) is 19.1 Å². The fourth-order valence-corrected chi connectivity index (χ4v) is 2.99. The Kier molecular flexibility index (Phi) is 2.95. The average molecular weight is 251 g/mol. The Morgan fingerprint density at radius 3 is 2.33 bits per heavy atom. The van der Waals surface area contributed by atoms with Crippen LogP contribution in [0.2, 0.25) is 0 Å². The Labute approximate surface area is 106 Å². The zero-order chi connectivity index (χ0) is 12.7. The number of imide groups is 1. The third kappa shape index (κ3) is 1.61. The van der Waals surface area contributed by atoms with Gasteiger partial charge in [-0.2, -0.15) is 0 Å². The van der Waals surface area contributed by atoms with Crippen LogP contribution in [0.3, 0.4) is 0 Å². The molecule has 5 heteroatoms. The van der Waals surface area contributed by atoms with Gasteiger partial charge in [0, 0.05) is 6.61 Å². The van der Waals surface area contributed by atoms with Crippen LogP contribution in [0.1, 0.15) is 13.3 Å². The van der Waals surface area contributed by atoms with Crippen LogP contribution in [0.4, 0.5) is 0 Å². The number of rotatable bonds is 5. The standard InChI is InChI=1S/C13H17NO4/c1-2-6-17-7-5-14-12(15)10-8-3-4-9(18-8)11(10)13(14)16/h3-4,8-11H,2,5-7H2,1H3. The number of hydrogen-bond acceptors (Lipinski definition) is 4. The van der Waals surface area contributed by atoms with Crippen LogP contribution in [-0.2, 0) is 19.1 Å². The van der Waals surface area contributed by atoms with Crippen LogP contribution in [0.25, 0.3) is 0 Å². The maximum absolute atomic E-state index is 12.2. The number of amides is 2. The van der Waals surface area contributed by atoms with Crippen LogP contribution in [0.5, 0.6) is 0 Å². The van der Waals surface area contributed by atoms with E-state index in [1.165, 1.54) is 4.90 Å². The summed E-state index contributed by atoms with van der Waals surface area (Å²) in [7, 11) is 0. The highest BCUT2D eigenvalue weighted by atomic mass is 16.5. The summed E-state index contributed by atoms with van der Waals surface area (Å²) < 4.78 is 10.9. The van der Waals surface area contributed by atoms with E-state index in [9.17, 15) is 9.59 Å². The zero-order valence-electron chi connectivity index (χ0n) is 10.4. The minimum Gasteiger partial charge on any atom is -0.380 e.